The van der Waals surface area contributed by atoms with Crippen LogP contribution in [0.2, 0.25) is 0 Å². The van der Waals surface area contributed by atoms with Crippen LogP contribution in [0.1, 0.15) is 48.7 Å². The van der Waals surface area contributed by atoms with E-state index in [1.807, 2.05) is 6.07 Å². The third-order valence-corrected chi connectivity index (χ3v) is 5.63. The Morgan fingerprint density at radius 1 is 1.21 bits per heavy atom. The smallest absolute Gasteiger partial charge is 0.272 e. The maximum atomic E-state index is 13.3. The molecule has 1 aromatic heterocycles. The summed E-state index contributed by atoms with van der Waals surface area (Å²) in [5, 5.41) is 3.77. The van der Waals surface area contributed by atoms with Crippen molar-refractivity contribution in [2.45, 2.75) is 38.6 Å². The van der Waals surface area contributed by atoms with Crippen LogP contribution in [0.15, 0.2) is 48.5 Å². The number of amides is 1. The number of fused-ring (bicyclic) bond motifs is 1. The fraction of sp³-hybridized carbons (Fsp3) is 0.348. The van der Waals surface area contributed by atoms with Gasteiger partial charge in [0.25, 0.3) is 5.91 Å². The van der Waals surface area contributed by atoms with Crippen molar-refractivity contribution < 1.29 is 9.18 Å². The van der Waals surface area contributed by atoms with Crippen molar-refractivity contribution in [2.24, 2.45) is 0 Å². The van der Waals surface area contributed by atoms with E-state index in [0.717, 1.165) is 17.4 Å². The number of aromatic amines is 1. The molecule has 1 aliphatic heterocycles. The summed E-state index contributed by atoms with van der Waals surface area (Å²) in [4.78, 5) is 18.2. The van der Waals surface area contributed by atoms with Gasteiger partial charge in [0.15, 0.2) is 0 Å². The van der Waals surface area contributed by atoms with E-state index < -0.39 is 0 Å². The van der Waals surface area contributed by atoms with Gasteiger partial charge in [0.2, 0.25) is 0 Å². The van der Waals surface area contributed by atoms with Crippen LogP contribution in [-0.4, -0.2) is 34.9 Å². The molecule has 146 valence electrons. The number of piperidine rings is 1. The van der Waals surface area contributed by atoms with Crippen molar-refractivity contribution in [3.8, 4) is 0 Å². The molecule has 1 aliphatic rings. The number of hydrogen-bond donors (Lipinski definition) is 2. The molecule has 4 rings (SSSR count). The molecule has 0 saturated carbocycles. The summed E-state index contributed by atoms with van der Waals surface area (Å²) in [5.41, 5.74) is 3.18. The van der Waals surface area contributed by atoms with E-state index in [1.54, 1.807) is 12.1 Å². The Kier molecular flexibility index (Phi) is 5.18. The van der Waals surface area contributed by atoms with E-state index in [1.165, 1.54) is 37.1 Å². The average molecular weight is 379 g/mol. The van der Waals surface area contributed by atoms with Crippen LogP contribution >= 0.6 is 0 Å². The van der Waals surface area contributed by atoms with Crippen LogP contribution < -0.4 is 5.32 Å². The number of nitrogens with zero attached hydrogens (tertiary/aromatic N) is 1. The molecule has 0 spiro atoms. The number of carbonyl (C=O) groups is 1. The van der Waals surface area contributed by atoms with Crippen LogP contribution in [0.4, 0.5) is 10.1 Å². The lowest BCUT2D eigenvalue weighted by Gasteiger charge is -2.35. The minimum absolute atomic E-state index is 0.271. The van der Waals surface area contributed by atoms with Gasteiger partial charge in [0.1, 0.15) is 11.5 Å². The van der Waals surface area contributed by atoms with Gasteiger partial charge in [-0.1, -0.05) is 12.1 Å². The van der Waals surface area contributed by atoms with Crippen molar-refractivity contribution in [1.29, 1.82) is 0 Å². The van der Waals surface area contributed by atoms with Crippen molar-refractivity contribution in [2.75, 3.05) is 18.4 Å². The molecular formula is C23H26FN3O. The van der Waals surface area contributed by atoms with Gasteiger partial charge in [0, 0.05) is 29.2 Å². The monoisotopic (exact) mass is 379 g/mol. The Labute approximate surface area is 164 Å². The first-order chi connectivity index (χ1) is 13.5. The second-order valence-electron chi connectivity index (χ2n) is 7.92. The fourth-order valence-electron chi connectivity index (χ4n) is 4.04. The van der Waals surface area contributed by atoms with Crippen molar-refractivity contribution in [3.05, 3.63) is 65.6 Å². The number of anilines is 1. The molecule has 1 saturated heterocycles. The molecule has 28 heavy (non-hydrogen) atoms. The molecule has 1 fully saturated rings. The van der Waals surface area contributed by atoms with E-state index in [4.69, 9.17) is 0 Å². The number of likely N-dealkylation sites (tertiary alicyclic amines) is 1. The predicted octanol–water partition coefficient (Wildman–Crippen LogP) is 5.15. The molecule has 2 aromatic carbocycles. The average Bonchev–Trinajstić information content (AvgIpc) is 3.11. The van der Waals surface area contributed by atoms with Gasteiger partial charge in [-0.3, -0.25) is 4.79 Å². The van der Waals surface area contributed by atoms with Gasteiger partial charge in [0.05, 0.1) is 0 Å². The number of benzene rings is 2. The topological polar surface area (TPSA) is 48.1 Å². The zero-order valence-electron chi connectivity index (χ0n) is 16.3. The molecule has 1 atom stereocenters. The Balaban J connectivity index is 1.54. The van der Waals surface area contributed by atoms with E-state index >= 15 is 0 Å². The number of rotatable bonds is 4. The Morgan fingerprint density at radius 2 is 2.07 bits per heavy atom. The molecule has 0 aliphatic carbocycles. The predicted molar refractivity (Wildman–Crippen MR) is 111 cm³/mol. The highest BCUT2D eigenvalue weighted by Gasteiger charge is 2.23. The van der Waals surface area contributed by atoms with Crippen LogP contribution in [0.3, 0.4) is 0 Å². The van der Waals surface area contributed by atoms with E-state index in [2.05, 4.69) is 47.2 Å². The molecule has 1 unspecified atom stereocenters. The van der Waals surface area contributed by atoms with Crippen LogP contribution in [0, 0.1) is 5.82 Å². The molecule has 1 amide bonds. The summed E-state index contributed by atoms with van der Waals surface area (Å²) in [6.07, 6.45) is 2.42. The number of aromatic nitrogens is 1. The van der Waals surface area contributed by atoms with Gasteiger partial charge in [-0.05, 0) is 81.1 Å². The number of halogens is 1. The largest absolute Gasteiger partial charge is 0.351 e. The molecule has 0 bridgehead atoms. The molecule has 5 heteroatoms. The Hall–Kier alpha value is -2.66. The normalized spacial score (nSPS) is 17.9. The summed E-state index contributed by atoms with van der Waals surface area (Å²) in [6, 6.07) is 14.8. The van der Waals surface area contributed by atoms with E-state index in [-0.39, 0.29) is 11.7 Å². The highest BCUT2D eigenvalue weighted by Crippen LogP contribution is 2.30. The first-order valence-corrected chi connectivity index (χ1v) is 9.93. The molecule has 2 heterocycles. The standard InChI is InChI=1S/C23H26FN3O/c1-15(2)27-10-4-5-17(14-27)16-8-9-21-18(11-16)12-22(26-21)23(28)25-20-7-3-6-19(24)13-20/h3,6-9,11-13,15,17,26H,4-5,10,14H2,1-2H3,(H,25,28). The molecule has 3 aromatic rings. The van der Waals surface area contributed by atoms with Gasteiger partial charge in [-0.2, -0.15) is 0 Å². The number of hydrogen-bond acceptors (Lipinski definition) is 2. The van der Waals surface area contributed by atoms with Crippen LogP contribution in [-0.2, 0) is 0 Å². The molecule has 4 nitrogen and oxygen atoms in total. The Morgan fingerprint density at radius 3 is 2.86 bits per heavy atom. The summed E-state index contributed by atoms with van der Waals surface area (Å²) >= 11 is 0. The van der Waals surface area contributed by atoms with Crippen molar-refractivity contribution in [1.82, 2.24) is 9.88 Å². The lowest BCUT2D eigenvalue weighted by molar-refractivity contribution is 0.102. The first kappa shape index (κ1) is 18.7. The quantitative estimate of drug-likeness (QED) is 0.659. The number of H-pyrrole nitrogens is 1. The maximum absolute atomic E-state index is 13.3. The second kappa shape index (κ2) is 7.76. The molecule has 0 radical (unpaired) electrons. The fourth-order valence-corrected chi connectivity index (χ4v) is 4.04. The first-order valence-electron chi connectivity index (χ1n) is 9.93. The van der Waals surface area contributed by atoms with Crippen molar-refractivity contribution in [3.63, 3.8) is 0 Å². The highest BCUT2D eigenvalue weighted by atomic mass is 19.1. The summed E-state index contributed by atoms with van der Waals surface area (Å²) in [5.74, 6) is -0.117. The SMILES string of the molecule is CC(C)N1CCCC(c2ccc3[nH]c(C(=O)Nc4cccc(F)c4)cc3c2)C1. The lowest BCUT2D eigenvalue weighted by atomic mass is 9.89. The van der Waals surface area contributed by atoms with Gasteiger partial charge < -0.3 is 15.2 Å². The highest BCUT2D eigenvalue weighted by molar-refractivity contribution is 6.06. The van der Waals surface area contributed by atoms with E-state index in [9.17, 15) is 9.18 Å². The van der Waals surface area contributed by atoms with Crippen LogP contribution in [0.25, 0.3) is 10.9 Å². The third kappa shape index (κ3) is 3.94. The second-order valence-corrected chi connectivity index (χ2v) is 7.92. The molecule has 2 N–H and O–H groups in total. The zero-order chi connectivity index (χ0) is 19.7. The Bertz CT molecular complexity index is 994. The van der Waals surface area contributed by atoms with Crippen LogP contribution in [0.5, 0.6) is 0 Å². The minimum Gasteiger partial charge on any atom is -0.351 e. The number of nitrogens with one attached hydrogen (secondary N) is 2. The maximum Gasteiger partial charge on any atom is 0.272 e. The summed E-state index contributed by atoms with van der Waals surface area (Å²) < 4.78 is 13.3. The minimum atomic E-state index is -0.373. The molecular weight excluding hydrogens is 353 g/mol. The summed E-state index contributed by atoms with van der Waals surface area (Å²) in [7, 11) is 0. The van der Waals surface area contributed by atoms with Gasteiger partial charge >= 0.3 is 0 Å². The van der Waals surface area contributed by atoms with Gasteiger partial charge in [-0.15, -0.1) is 0 Å². The zero-order valence-corrected chi connectivity index (χ0v) is 16.3. The van der Waals surface area contributed by atoms with E-state index in [0.29, 0.717) is 23.3 Å². The third-order valence-electron chi connectivity index (χ3n) is 5.63. The lowest BCUT2D eigenvalue weighted by Crippen LogP contribution is -2.39. The van der Waals surface area contributed by atoms with Crippen molar-refractivity contribution >= 4 is 22.5 Å². The van der Waals surface area contributed by atoms with Gasteiger partial charge in [-0.25, -0.2) is 4.39 Å². The summed E-state index contributed by atoms with van der Waals surface area (Å²) in [6.45, 7) is 6.76. The number of carbonyl (C=O) groups excluding carboxylic acids is 1.